The molecular formula is C14H25N5. The van der Waals surface area contributed by atoms with E-state index in [4.69, 9.17) is 5.73 Å². The molecule has 1 aromatic rings. The summed E-state index contributed by atoms with van der Waals surface area (Å²) < 4.78 is 1.98. The lowest BCUT2D eigenvalue weighted by Crippen LogP contribution is -2.50. The fraction of sp³-hybridized carbons (Fsp3) is 0.786. The largest absolute Gasteiger partial charge is 0.394 e. The number of aromatic nitrogens is 2. The molecule has 1 aromatic heterocycles. The van der Waals surface area contributed by atoms with Gasteiger partial charge in [0.05, 0.1) is 11.4 Å². The monoisotopic (exact) mass is 263 g/mol. The number of nitrogens with two attached hydrogens (primary N) is 1. The Morgan fingerprint density at radius 3 is 2.95 bits per heavy atom. The highest BCUT2D eigenvalue weighted by Crippen LogP contribution is 2.31. The van der Waals surface area contributed by atoms with E-state index in [0.717, 1.165) is 49.2 Å². The van der Waals surface area contributed by atoms with Gasteiger partial charge in [0, 0.05) is 32.7 Å². The Morgan fingerprint density at radius 1 is 1.32 bits per heavy atom. The maximum atomic E-state index is 6.32. The molecule has 2 aliphatic rings. The molecule has 0 spiro atoms. The van der Waals surface area contributed by atoms with Crippen molar-refractivity contribution in [3.63, 3.8) is 0 Å². The van der Waals surface area contributed by atoms with Crippen LogP contribution in [0, 0.1) is 0 Å². The average molecular weight is 263 g/mol. The van der Waals surface area contributed by atoms with Gasteiger partial charge in [-0.2, -0.15) is 5.10 Å². The molecule has 0 radical (unpaired) electrons. The normalized spacial score (nSPS) is 23.9. The van der Waals surface area contributed by atoms with Crippen molar-refractivity contribution in [2.75, 3.05) is 36.8 Å². The van der Waals surface area contributed by atoms with Crippen LogP contribution in [-0.4, -0.2) is 46.9 Å². The van der Waals surface area contributed by atoms with E-state index < -0.39 is 0 Å². The predicted molar refractivity (Wildman–Crippen MR) is 78.4 cm³/mol. The van der Waals surface area contributed by atoms with Gasteiger partial charge in [0.1, 0.15) is 0 Å². The van der Waals surface area contributed by atoms with Gasteiger partial charge in [-0.1, -0.05) is 13.3 Å². The van der Waals surface area contributed by atoms with Crippen molar-refractivity contribution >= 4 is 11.5 Å². The topological polar surface area (TPSA) is 50.3 Å². The minimum Gasteiger partial charge on any atom is -0.394 e. The van der Waals surface area contributed by atoms with Crippen molar-refractivity contribution in [2.45, 2.75) is 38.6 Å². The second-order valence-corrected chi connectivity index (χ2v) is 5.84. The Morgan fingerprint density at radius 2 is 2.16 bits per heavy atom. The van der Waals surface area contributed by atoms with Crippen LogP contribution < -0.4 is 10.6 Å². The molecule has 3 rings (SSSR count). The SMILES string of the molecule is CCCc1nn(C)c(N2CCN3CCCC3C2)c1N. The lowest BCUT2D eigenvalue weighted by molar-refractivity contribution is 0.229. The Kier molecular flexibility index (Phi) is 3.39. The molecule has 2 saturated heterocycles. The molecule has 0 aliphatic carbocycles. The van der Waals surface area contributed by atoms with Crippen LogP contribution in [0.25, 0.3) is 0 Å². The van der Waals surface area contributed by atoms with E-state index in [2.05, 4.69) is 21.8 Å². The molecule has 5 nitrogen and oxygen atoms in total. The summed E-state index contributed by atoms with van der Waals surface area (Å²) in [5.74, 6) is 1.13. The van der Waals surface area contributed by atoms with Crippen molar-refractivity contribution in [3.05, 3.63) is 5.69 Å². The van der Waals surface area contributed by atoms with E-state index in [-0.39, 0.29) is 0 Å². The summed E-state index contributed by atoms with van der Waals surface area (Å²) in [4.78, 5) is 5.06. The molecule has 0 saturated carbocycles. The number of fused-ring (bicyclic) bond motifs is 1. The Bertz CT molecular complexity index is 453. The van der Waals surface area contributed by atoms with Gasteiger partial charge in [-0.3, -0.25) is 9.58 Å². The van der Waals surface area contributed by atoms with Crippen LogP contribution in [0.5, 0.6) is 0 Å². The number of piperazine rings is 1. The lowest BCUT2D eigenvalue weighted by Gasteiger charge is -2.38. The van der Waals surface area contributed by atoms with Crippen LogP contribution in [-0.2, 0) is 13.5 Å². The van der Waals surface area contributed by atoms with Gasteiger partial charge in [0.2, 0.25) is 0 Å². The number of anilines is 2. The zero-order valence-electron chi connectivity index (χ0n) is 12.1. The first kappa shape index (κ1) is 12.8. The van der Waals surface area contributed by atoms with Gasteiger partial charge in [-0.25, -0.2) is 0 Å². The summed E-state index contributed by atoms with van der Waals surface area (Å²) in [6.45, 7) is 6.80. The molecule has 2 N–H and O–H groups in total. The van der Waals surface area contributed by atoms with E-state index >= 15 is 0 Å². The summed E-state index contributed by atoms with van der Waals surface area (Å²) in [6.07, 6.45) is 4.75. The van der Waals surface area contributed by atoms with Gasteiger partial charge < -0.3 is 10.6 Å². The average Bonchev–Trinajstić information content (AvgIpc) is 2.95. The lowest BCUT2D eigenvalue weighted by atomic mass is 10.1. The van der Waals surface area contributed by atoms with E-state index in [1.54, 1.807) is 0 Å². The zero-order chi connectivity index (χ0) is 13.4. The molecule has 0 aromatic carbocycles. The first-order valence-corrected chi connectivity index (χ1v) is 7.51. The fourth-order valence-corrected chi connectivity index (χ4v) is 3.57. The quantitative estimate of drug-likeness (QED) is 0.891. The number of nitrogen functional groups attached to an aromatic ring is 1. The van der Waals surface area contributed by atoms with Crippen molar-refractivity contribution in [1.82, 2.24) is 14.7 Å². The van der Waals surface area contributed by atoms with Gasteiger partial charge in [-0.05, 0) is 25.8 Å². The molecular weight excluding hydrogens is 238 g/mol. The standard InChI is InChI=1S/C14H25N5/c1-3-5-12-13(15)14(17(2)16-12)19-9-8-18-7-4-6-11(18)10-19/h11H,3-10,15H2,1-2H3. The minimum absolute atomic E-state index is 0.720. The van der Waals surface area contributed by atoms with Crippen LogP contribution in [0.4, 0.5) is 11.5 Å². The maximum absolute atomic E-state index is 6.32. The number of rotatable bonds is 3. The molecule has 2 fully saturated rings. The maximum Gasteiger partial charge on any atom is 0.150 e. The molecule has 3 heterocycles. The van der Waals surface area contributed by atoms with Crippen LogP contribution in [0.2, 0.25) is 0 Å². The molecule has 0 bridgehead atoms. The first-order chi connectivity index (χ1) is 9.20. The summed E-state index contributed by atoms with van der Waals surface area (Å²) in [5, 5.41) is 4.60. The number of hydrogen-bond donors (Lipinski definition) is 1. The predicted octanol–water partition coefficient (Wildman–Crippen LogP) is 1.24. The molecule has 106 valence electrons. The van der Waals surface area contributed by atoms with Gasteiger partial charge in [0.25, 0.3) is 0 Å². The Hall–Kier alpha value is -1.23. The van der Waals surface area contributed by atoms with Crippen LogP contribution in [0.3, 0.4) is 0 Å². The molecule has 19 heavy (non-hydrogen) atoms. The van der Waals surface area contributed by atoms with Gasteiger partial charge in [-0.15, -0.1) is 0 Å². The van der Waals surface area contributed by atoms with E-state index in [0.29, 0.717) is 0 Å². The molecule has 1 atom stereocenters. The van der Waals surface area contributed by atoms with E-state index in [1.165, 1.54) is 25.9 Å². The fourth-order valence-electron chi connectivity index (χ4n) is 3.57. The Balaban J connectivity index is 1.82. The first-order valence-electron chi connectivity index (χ1n) is 7.51. The zero-order valence-corrected chi connectivity index (χ0v) is 12.1. The number of hydrogen-bond acceptors (Lipinski definition) is 4. The second-order valence-electron chi connectivity index (χ2n) is 5.84. The molecule has 5 heteroatoms. The summed E-state index contributed by atoms with van der Waals surface area (Å²) in [6, 6.07) is 0.720. The third-order valence-corrected chi connectivity index (χ3v) is 4.50. The highest BCUT2D eigenvalue weighted by Gasteiger charge is 2.32. The van der Waals surface area contributed by atoms with E-state index in [9.17, 15) is 0 Å². The highest BCUT2D eigenvalue weighted by molar-refractivity contribution is 5.66. The van der Waals surface area contributed by atoms with Crippen LogP contribution >= 0.6 is 0 Å². The smallest absolute Gasteiger partial charge is 0.150 e. The number of nitrogens with zero attached hydrogens (tertiary/aromatic N) is 4. The summed E-state index contributed by atoms with van der Waals surface area (Å²) in [7, 11) is 2.02. The van der Waals surface area contributed by atoms with Crippen LogP contribution in [0.15, 0.2) is 0 Å². The van der Waals surface area contributed by atoms with Crippen molar-refractivity contribution < 1.29 is 0 Å². The summed E-state index contributed by atoms with van der Waals surface area (Å²) in [5.41, 5.74) is 8.28. The van der Waals surface area contributed by atoms with Crippen molar-refractivity contribution in [3.8, 4) is 0 Å². The molecule has 0 amide bonds. The van der Waals surface area contributed by atoms with Gasteiger partial charge >= 0.3 is 0 Å². The third kappa shape index (κ3) is 2.20. The third-order valence-electron chi connectivity index (χ3n) is 4.50. The van der Waals surface area contributed by atoms with Crippen molar-refractivity contribution in [1.29, 1.82) is 0 Å². The van der Waals surface area contributed by atoms with Crippen LogP contribution in [0.1, 0.15) is 31.9 Å². The minimum atomic E-state index is 0.720. The molecule has 1 unspecified atom stereocenters. The summed E-state index contributed by atoms with van der Waals surface area (Å²) >= 11 is 0. The van der Waals surface area contributed by atoms with E-state index in [1.807, 2.05) is 11.7 Å². The molecule has 2 aliphatic heterocycles. The Labute approximate surface area is 115 Å². The second kappa shape index (κ2) is 5.04. The number of aryl methyl sites for hydroxylation is 2. The van der Waals surface area contributed by atoms with Crippen molar-refractivity contribution in [2.24, 2.45) is 7.05 Å². The highest BCUT2D eigenvalue weighted by atomic mass is 15.4. The van der Waals surface area contributed by atoms with Gasteiger partial charge in [0.15, 0.2) is 5.82 Å².